The molecule has 10 heteroatoms. The number of hydrogen-bond donors (Lipinski definition) is 2. The van der Waals surface area contributed by atoms with E-state index < -0.39 is 16.1 Å². The Balaban J connectivity index is 1.71. The highest BCUT2D eigenvalue weighted by Crippen LogP contribution is 2.27. The van der Waals surface area contributed by atoms with E-state index in [1.54, 1.807) is 31.4 Å². The van der Waals surface area contributed by atoms with Gasteiger partial charge in [0.05, 0.1) is 12.0 Å². The number of ether oxygens (including phenoxy) is 2. The van der Waals surface area contributed by atoms with Gasteiger partial charge in [0, 0.05) is 38.9 Å². The van der Waals surface area contributed by atoms with Gasteiger partial charge in [-0.3, -0.25) is 9.59 Å². The standard InChI is InChI=1S/C26H35N3O6S/c1-19-7-4-5-8-23(19)25(30)28-24(26(31)27-15-6-18-34-2)20-13-16-29(17-14-20)36(32,33)22-11-9-21(35-3)10-12-22/h4-5,7-12,20,24H,6,13-18H2,1-3H3,(H,27,31)(H,28,30)/t24-/m1/s1. The van der Waals surface area contributed by atoms with Crippen LogP contribution in [0.15, 0.2) is 53.4 Å². The van der Waals surface area contributed by atoms with Crippen LogP contribution in [0.4, 0.5) is 0 Å². The zero-order valence-corrected chi connectivity index (χ0v) is 21.8. The van der Waals surface area contributed by atoms with Crippen molar-refractivity contribution >= 4 is 21.8 Å². The van der Waals surface area contributed by atoms with Crippen LogP contribution in [-0.2, 0) is 19.6 Å². The molecule has 0 bridgehead atoms. The molecule has 0 aliphatic carbocycles. The third kappa shape index (κ3) is 6.83. The highest BCUT2D eigenvalue weighted by Gasteiger charge is 2.36. The van der Waals surface area contributed by atoms with Crippen LogP contribution in [0.5, 0.6) is 5.75 Å². The van der Waals surface area contributed by atoms with Gasteiger partial charge in [-0.25, -0.2) is 8.42 Å². The molecule has 1 saturated heterocycles. The molecule has 1 aliphatic heterocycles. The Bertz CT molecular complexity index is 1130. The van der Waals surface area contributed by atoms with E-state index in [-0.39, 0.29) is 35.7 Å². The Morgan fingerprint density at radius 3 is 2.33 bits per heavy atom. The lowest BCUT2D eigenvalue weighted by molar-refractivity contribution is -0.124. The third-order valence-corrected chi connectivity index (χ3v) is 8.36. The normalized spacial score (nSPS) is 15.8. The number of rotatable bonds is 11. The van der Waals surface area contributed by atoms with E-state index in [1.807, 2.05) is 19.1 Å². The van der Waals surface area contributed by atoms with E-state index in [0.717, 1.165) is 5.56 Å². The lowest BCUT2D eigenvalue weighted by atomic mass is 9.89. The fraction of sp³-hybridized carbons (Fsp3) is 0.462. The van der Waals surface area contributed by atoms with Gasteiger partial charge >= 0.3 is 0 Å². The summed E-state index contributed by atoms with van der Waals surface area (Å²) in [6.07, 6.45) is 1.54. The maximum atomic E-state index is 13.1. The average molecular weight is 518 g/mol. The molecule has 1 aliphatic rings. The SMILES string of the molecule is COCCCNC(=O)[C@H](NC(=O)c1ccccc1C)C1CCN(S(=O)(=O)c2ccc(OC)cc2)CC1. The fourth-order valence-electron chi connectivity index (χ4n) is 4.33. The molecule has 0 spiro atoms. The van der Waals surface area contributed by atoms with Crippen LogP contribution in [0.25, 0.3) is 0 Å². The molecule has 0 saturated carbocycles. The average Bonchev–Trinajstić information content (AvgIpc) is 2.90. The number of sulfonamides is 1. The monoisotopic (exact) mass is 517 g/mol. The van der Waals surface area contributed by atoms with Crippen molar-refractivity contribution in [3.8, 4) is 5.75 Å². The van der Waals surface area contributed by atoms with Gasteiger partial charge in [0.1, 0.15) is 11.8 Å². The van der Waals surface area contributed by atoms with Gasteiger partial charge in [0.2, 0.25) is 15.9 Å². The Morgan fingerprint density at radius 2 is 1.72 bits per heavy atom. The van der Waals surface area contributed by atoms with Crippen LogP contribution in [-0.4, -0.2) is 71.0 Å². The number of nitrogens with zero attached hydrogens (tertiary/aromatic N) is 1. The molecule has 0 aromatic heterocycles. The summed E-state index contributed by atoms with van der Waals surface area (Å²) in [5, 5.41) is 5.81. The minimum atomic E-state index is -3.67. The number of nitrogens with one attached hydrogen (secondary N) is 2. The molecule has 36 heavy (non-hydrogen) atoms. The molecule has 196 valence electrons. The van der Waals surface area contributed by atoms with Crippen molar-refractivity contribution in [2.75, 3.05) is 40.5 Å². The van der Waals surface area contributed by atoms with Crippen LogP contribution < -0.4 is 15.4 Å². The Morgan fingerprint density at radius 1 is 1.06 bits per heavy atom. The zero-order chi connectivity index (χ0) is 26.1. The Hall–Kier alpha value is -2.95. The van der Waals surface area contributed by atoms with Crippen molar-refractivity contribution in [3.05, 3.63) is 59.7 Å². The second kappa shape index (κ2) is 12.8. The van der Waals surface area contributed by atoms with Crippen LogP contribution >= 0.6 is 0 Å². The van der Waals surface area contributed by atoms with Crippen molar-refractivity contribution in [1.82, 2.24) is 14.9 Å². The van der Waals surface area contributed by atoms with Gasteiger partial charge in [-0.15, -0.1) is 0 Å². The summed E-state index contributed by atoms with van der Waals surface area (Å²) in [6.45, 7) is 3.30. The minimum Gasteiger partial charge on any atom is -0.497 e. The van der Waals surface area contributed by atoms with Crippen LogP contribution in [0.1, 0.15) is 35.2 Å². The minimum absolute atomic E-state index is 0.196. The summed E-state index contributed by atoms with van der Waals surface area (Å²) in [6, 6.07) is 12.7. The lowest BCUT2D eigenvalue weighted by Gasteiger charge is -2.35. The molecule has 0 radical (unpaired) electrons. The van der Waals surface area contributed by atoms with Crippen LogP contribution in [0.3, 0.4) is 0 Å². The Kier molecular flexibility index (Phi) is 9.86. The predicted molar refractivity (Wildman–Crippen MR) is 136 cm³/mol. The molecule has 2 N–H and O–H groups in total. The summed E-state index contributed by atoms with van der Waals surface area (Å²) < 4.78 is 37.8. The highest BCUT2D eigenvalue weighted by molar-refractivity contribution is 7.89. The van der Waals surface area contributed by atoms with Gasteiger partial charge in [-0.2, -0.15) is 4.31 Å². The number of hydrogen-bond acceptors (Lipinski definition) is 6. The predicted octanol–water partition coefficient (Wildman–Crippen LogP) is 2.36. The second-order valence-electron chi connectivity index (χ2n) is 8.82. The van der Waals surface area contributed by atoms with Gasteiger partial charge in [-0.1, -0.05) is 18.2 Å². The van der Waals surface area contributed by atoms with E-state index in [0.29, 0.717) is 43.7 Å². The first-order valence-corrected chi connectivity index (χ1v) is 13.5. The molecule has 1 fully saturated rings. The first kappa shape index (κ1) is 27.6. The quantitative estimate of drug-likeness (QED) is 0.443. The second-order valence-corrected chi connectivity index (χ2v) is 10.8. The van der Waals surface area contributed by atoms with E-state index in [9.17, 15) is 18.0 Å². The van der Waals surface area contributed by atoms with Crippen molar-refractivity contribution in [2.45, 2.75) is 37.1 Å². The van der Waals surface area contributed by atoms with Gasteiger partial charge in [0.15, 0.2) is 0 Å². The maximum Gasteiger partial charge on any atom is 0.252 e. The van der Waals surface area contributed by atoms with Crippen molar-refractivity contribution < 1.29 is 27.5 Å². The number of amides is 2. The van der Waals surface area contributed by atoms with Crippen molar-refractivity contribution in [3.63, 3.8) is 0 Å². The van der Waals surface area contributed by atoms with Gasteiger partial charge in [0.25, 0.3) is 5.91 Å². The van der Waals surface area contributed by atoms with E-state index >= 15 is 0 Å². The smallest absolute Gasteiger partial charge is 0.252 e. The lowest BCUT2D eigenvalue weighted by Crippen LogP contribution is -2.54. The first-order chi connectivity index (χ1) is 17.3. The molecular weight excluding hydrogens is 482 g/mol. The molecule has 1 heterocycles. The molecule has 9 nitrogen and oxygen atoms in total. The van der Waals surface area contributed by atoms with Crippen LogP contribution in [0.2, 0.25) is 0 Å². The summed E-state index contributed by atoms with van der Waals surface area (Å²) in [5.74, 6) is -0.220. The number of benzene rings is 2. The summed E-state index contributed by atoms with van der Waals surface area (Å²) >= 11 is 0. The molecule has 2 aromatic rings. The van der Waals surface area contributed by atoms with Gasteiger partial charge in [-0.05, 0) is 68.0 Å². The van der Waals surface area contributed by atoms with Crippen LogP contribution in [0, 0.1) is 12.8 Å². The number of methoxy groups -OCH3 is 2. The molecule has 2 amide bonds. The fourth-order valence-corrected chi connectivity index (χ4v) is 5.80. The molecule has 3 rings (SSSR count). The zero-order valence-electron chi connectivity index (χ0n) is 21.0. The van der Waals surface area contributed by atoms with Crippen molar-refractivity contribution in [2.24, 2.45) is 5.92 Å². The topological polar surface area (TPSA) is 114 Å². The Labute approximate surface area is 213 Å². The number of piperidine rings is 1. The highest BCUT2D eigenvalue weighted by atomic mass is 32.2. The van der Waals surface area contributed by atoms with E-state index in [2.05, 4.69) is 10.6 Å². The van der Waals surface area contributed by atoms with Crippen molar-refractivity contribution in [1.29, 1.82) is 0 Å². The first-order valence-electron chi connectivity index (χ1n) is 12.0. The molecule has 2 aromatic carbocycles. The third-order valence-electron chi connectivity index (χ3n) is 6.45. The van der Waals surface area contributed by atoms with Gasteiger partial charge < -0.3 is 20.1 Å². The number of carbonyl (C=O) groups excluding carboxylic acids is 2. The number of aryl methyl sites for hydroxylation is 1. The molecular formula is C26H35N3O6S. The maximum absolute atomic E-state index is 13.1. The van der Waals surface area contributed by atoms with E-state index in [4.69, 9.17) is 9.47 Å². The summed E-state index contributed by atoms with van der Waals surface area (Å²) in [4.78, 5) is 26.3. The number of carbonyl (C=O) groups is 2. The molecule has 1 atom stereocenters. The molecule has 0 unspecified atom stereocenters. The summed E-state index contributed by atoms with van der Waals surface area (Å²) in [5.41, 5.74) is 1.32. The van der Waals surface area contributed by atoms with E-state index in [1.165, 1.54) is 23.5 Å². The largest absolute Gasteiger partial charge is 0.497 e. The summed E-state index contributed by atoms with van der Waals surface area (Å²) in [7, 11) is -0.550.